The van der Waals surface area contributed by atoms with Gasteiger partial charge in [-0.15, -0.1) is 0 Å². The van der Waals surface area contributed by atoms with Crippen LogP contribution in [0.2, 0.25) is 0 Å². The van der Waals surface area contributed by atoms with Gasteiger partial charge in [-0.2, -0.15) is 0 Å². The minimum atomic E-state index is -0.938. The zero-order valence-corrected chi connectivity index (χ0v) is 18.4. The van der Waals surface area contributed by atoms with Crippen LogP contribution in [-0.4, -0.2) is 53.0 Å². The highest BCUT2D eigenvalue weighted by Gasteiger charge is 2.24. The third-order valence-electron chi connectivity index (χ3n) is 5.24. The standard InChI is InChI=1S/C23H28F2N2O5/c1-14(2)30-11-7-16-12-19(25)21(13-18(16)24)32-22-15(3)20(4-8-26-22)31-17-5-9-27(10-6-17)23(28)29/h4,8,12-14,17H,5-7,9-11H2,1-3H3,(H,28,29). The van der Waals surface area contributed by atoms with Crippen LogP contribution in [0.3, 0.4) is 0 Å². The average molecular weight is 450 g/mol. The van der Waals surface area contributed by atoms with Gasteiger partial charge in [0.05, 0.1) is 18.3 Å². The molecule has 0 bridgehead atoms. The van der Waals surface area contributed by atoms with Gasteiger partial charge in [-0.25, -0.2) is 18.6 Å². The number of halogens is 2. The minimum Gasteiger partial charge on any atom is -0.490 e. The number of hydrogen-bond acceptors (Lipinski definition) is 5. The fourth-order valence-corrected chi connectivity index (χ4v) is 3.42. The Labute approximate surface area is 185 Å². The normalized spacial score (nSPS) is 14.6. The van der Waals surface area contributed by atoms with Crippen molar-refractivity contribution in [1.82, 2.24) is 9.88 Å². The first-order chi connectivity index (χ1) is 15.2. The fraction of sp³-hybridized carbons (Fsp3) is 0.478. The van der Waals surface area contributed by atoms with Gasteiger partial charge in [-0.3, -0.25) is 0 Å². The van der Waals surface area contributed by atoms with Crippen molar-refractivity contribution in [2.24, 2.45) is 0 Å². The van der Waals surface area contributed by atoms with Crippen molar-refractivity contribution in [3.63, 3.8) is 0 Å². The fourth-order valence-electron chi connectivity index (χ4n) is 3.42. The summed E-state index contributed by atoms with van der Waals surface area (Å²) in [5.74, 6) is -0.922. The summed E-state index contributed by atoms with van der Waals surface area (Å²) < 4.78 is 46.0. The molecule has 0 saturated carbocycles. The zero-order valence-electron chi connectivity index (χ0n) is 18.4. The first kappa shape index (κ1) is 23.7. The number of carbonyl (C=O) groups is 1. The lowest BCUT2D eigenvalue weighted by Gasteiger charge is -2.30. The van der Waals surface area contributed by atoms with Crippen molar-refractivity contribution in [3.05, 3.63) is 47.2 Å². The Morgan fingerprint density at radius 1 is 1.22 bits per heavy atom. The van der Waals surface area contributed by atoms with Crippen LogP contribution in [0.15, 0.2) is 24.4 Å². The number of piperidine rings is 1. The number of rotatable bonds is 8. The van der Waals surface area contributed by atoms with Gasteiger partial charge in [0.15, 0.2) is 11.6 Å². The predicted octanol–water partition coefficient (Wildman–Crippen LogP) is 4.95. The molecule has 0 atom stereocenters. The molecule has 32 heavy (non-hydrogen) atoms. The second kappa shape index (κ2) is 10.6. The second-order valence-corrected chi connectivity index (χ2v) is 7.97. The van der Waals surface area contributed by atoms with E-state index in [1.165, 1.54) is 11.1 Å². The molecule has 3 rings (SSSR count). The smallest absolute Gasteiger partial charge is 0.407 e. The molecule has 1 saturated heterocycles. The average Bonchev–Trinajstić information content (AvgIpc) is 2.74. The van der Waals surface area contributed by atoms with Gasteiger partial charge in [-0.05, 0) is 44.9 Å². The lowest BCUT2D eigenvalue weighted by molar-refractivity contribution is 0.0808. The number of pyridine rings is 1. The summed E-state index contributed by atoms with van der Waals surface area (Å²) in [6, 6.07) is 3.79. The molecule has 0 radical (unpaired) electrons. The molecule has 1 aliphatic rings. The molecule has 0 aliphatic carbocycles. The van der Waals surface area contributed by atoms with Gasteiger partial charge >= 0.3 is 6.09 Å². The molecule has 1 aromatic carbocycles. The van der Waals surface area contributed by atoms with Gasteiger partial charge in [0, 0.05) is 38.2 Å². The quantitative estimate of drug-likeness (QED) is 0.613. The summed E-state index contributed by atoms with van der Waals surface area (Å²) in [7, 11) is 0. The Bertz CT molecular complexity index is 946. The number of ether oxygens (including phenoxy) is 3. The van der Waals surface area contributed by atoms with E-state index in [9.17, 15) is 13.6 Å². The molecule has 0 unspecified atom stereocenters. The minimum absolute atomic E-state index is 0.0128. The Morgan fingerprint density at radius 3 is 2.59 bits per heavy atom. The Kier molecular flexibility index (Phi) is 7.84. The summed E-state index contributed by atoms with van der Waals surface area (Å²) in [6.45, 7) is 6.55. The molecule has 0 spiro atoms. The van der Waals surface area contributed by atoms with E-state index in [2.05, 4.69) is 4.98 Å². The van der Waals surface area contributed by atoms with Crippen molar-refractivity contribution < 1.29 is 32.9 Å². The molecule has 1 amide bonds. The Hall–Kier alpha value is -2.94. The molecular weight excluding hydrogens is 422 g/mol. The Balaban J connectivity index is 1.68. The molecule has 1 aromatic heterocycles. The van der Waals surface area contributed by atoms with Crippen LogP contribution in [-0.2, 0) is 11.2 Å². The molecule has 7 nitrogen and oxygen atoms in total. The van der Waals surface area contributed by atoms with Crippen LogP contribution < -0.4 is 9.47 Å². The summed E-state index contributed by atoms with van der Waals surface area (Å²) in [5.41, 5.74) is 0.757. The number of nitrogens with zero attached hydrogens (tertiary/aromatic N) is 2. The molecule has 2 heterocycles. The number of aromatic nitrogens is 1. The number of likely N-dealkylation sites (tertiary alicyclic amines) is 1. The van der Waals surface area contributed by atoms with Gasteiger partial charge in [0.2, 0.25) is 5.88 Å². The van der Waals surface area contributed by atoms with Gasteiger partial charge < -0.3 is 24.2 Å². The van der Waals surface area contributed by atoms with Crippen LogP contribution in [0.25, 0.3) is 0 Å². The van der Waals surface area contributed by atoms with E-state index in [-0.39, 0.29) is 35.8 Å². The largest absolute Gasteiger partial charge is 0.490 e. The molecule has 174 valence electrons. The third-order valence-corrected chi connectivity index (χ3v) is 5.24. The molecular formula is C23H28F2N2O5. The second-order valence-electron chi connectivity index (χ2n) is 7.97. The maximum Gasteiger partial charge on any atom is 0.407 e. The number of carboxylic acid groups (broad SMARTS) is 1. The van der Waals surface area contributed by atoms with Crippen LogP contribution in [0.4, 0.5) is 13.6 Å². The highest BCUT2D eigenvalue weighted by Crippen LogP contribution is 2.33. The monoisotopic (exact) mass is 450 g/mol. The maximum atomic E-state index is 14.6. The van der Waals surface area contributed by atoms with Crippen LogP contribution >= 0.6 is 0 Å². The first-order valence-corrected chi connectivity index (χ1v) is 10.6. The summed E-state index contributed by atoms with van der Waals surface area (Å²) in [5, 5.41) is 9.06. The summed E-state index contributed by atoms with van der Waals surface area (Å²) in [4.78, 5) is 16.5. The molecule has 1 fully saturated rings. The third kappa shape index (κ3) is 6.06. The lowest BCUT2D eigenvalue weighted by atomic mass is 10.1. The van der Waals surface area contributed by atoms with Crippen molar-refractivity contribution >= 4 is 6.09 Å². The van der Waals surface area contributed by atoms with Gasteiger partial charge in [0.25, 0.3) is 0 Å². The van der Waals surface area contributed by atoms with E-state index in [0.29, 0.717) is 43.9 Å². The van der Waals surface area contributed by atoms with Crippen molar-refractivity contribution in [1.29, 1.82) is 0 Å². The van der Waals surface area contributed by atoms with Crippen LogP contribution in [0.1, 0.15) is 37.8 Å². The van der Waals surface area contributed by atoms with E-state index in [0.717, 1.165) is 12.1 Å². The highest BCUT2D eigenvalue weighted by atomic mass is 19.1. The maximum absolute atomic E-state index is 14.6. The van der Waals surface area contributed by atoms with Crippen LogP contribution in [0.5, 0.6) is 17.4 Å². The number of hydrogen-bond donors (Lipinski definition) is 1. The number of benzene rings is 1. The van der Waals surface area contributed by atoms with Gasteiger partial charge in [-0.1, -0.05) is 0 Å². The van der Waals surface area contributed by atoms with E-state index >= 15 is 0 Å². The summed E-state index contributed by atoms with van der Waals surface area (Å²) >= 11 is 0. The zero-order chi connectivity index (χ0) is 23.3. The molecule has 1 aliphatic heterocycles. The number of amides is 1. The van der Waals surface area contributed by atoms with Crippen LogP contribution in [0, 0.1) is 18.6 Å². The van der Waals surface area contributed by atoms with Crippen molar-refractivity contribution in [2.75, 3.05) is 19.7 Å². The highest BCUT2D eigenvalue weighted by molar-refractivity contribution is 5.65. The van der Waals surface area contributed by atoms with Crippen molar-refractivity contribution in [2.45, 2.75) is 52.2 Å². The predicted molar refractivity (Wildman–Crippen MR) is 113 cm³/mol. The Morgan fingerprint density at radius 2 is 1.94 bits per heavy atom. The van der Waals surface area contributed by atoms with Gasteiger partial charge in [0.1, 0.15) is 17.7 Å². The summed E-state index contributed by atoms with van der Waals surface area (Å²) in [6.07, 6.45) is 1.77. The molecule has 2 aromatic rings. The SMILES string of the molecule is Cc1c(OC2CCN(C(=O)O)CC2)ccnc1Oc1cc(F)c(CCOC(C)C)cc1F. The lowest BCUT2D eigenvalue weighted by Crippen LogP contribution is -2.41. The van der Waals surface area contributed by atoms with E-state index < -0.39 is 17.7 Å². The van der Waals surface area contributed by atoms with Crippen molar-refractivity contribution in [3.8, 4) is 17.4 Å². The first-order valence-electron chi connectivity index (χ1n) is 10.6. The molecule has 9 heteroatoms. The van der Waals surface area contributed by atoms with E-state index in [1.807, 2.05) is 13.8 Å². The van der Waals surface area contributed by atoms with E-state index in [1.54, 1.807) is 13.0 Å². The topological polar surface area (TPSA) is 81.1 Å². The molecule has 1 N–H and O–H groups in total. The van der Waals surface area contributed by atoms with E-state index in [4.69, 9.17) is 19.3 Å².